The van der Waals surface area contributed by atoms with E-state index in [1.807, 2.05) is 30.3 Å². The molecule has 1 amide bonds. The van der Waals surface area contributed by atoms with Crippen LogP contribution >= 0.6 is 0 Å². The molecule has 0 saturated carbocycles. The zero-order valence-corrected chi connectivity index (χ0v) is 14.1. The predicted molar refractivity (Wildman–Crippen MR) is 98.8 cm³/mol. The zero-order chi connectivity index (χ0) is 18.8. The van der Waals surface area contributed by atoms with Gasteiger partial charge in [0.1, 0.15) is 11.4 Å². The van der Waals surface area contributed by atoms with Crippen LogP contribution in [0.5, 0.6) is 0 Å². The average Bonchev–Trinajstić information content (AvgIpc) is 3.12. The molecule has 4 rings (SSSR count). The number of benzene rings is 2. The minimum Gasteiger partial charge on any atom is -0.348 e. The van der Waals surface area contributed by atoms with E-state index in [0.29, 0.717) is 6.54 Å². The molecule has 0 unspecified atom stereocenters. The van der Waals surface area contributed by atoms with Crippen molar-refractivity contribution in [3.63, 3.8) is 0 Å². The summed E-state index contributed by atoms with van der Waals surface area (Å²) in [6.45, 7) is 0.342. The van der Waals surface area contributed by atoms with Gasteiger partial charge in [-0.3, -0.25) is 14.7 Å². The number of aromatic amines is 1. The molecule has 0 fully saturated rings. The van der Waals surface area contributed by atoms with Gasteiger partial charge in [0.15, 0.2) is 5.65 Å². The Morgan fingerprint density at radius 1 is 1.11 bits per heavy atom. The van der Waals surface area contributed by atoms with Crippen LogP contribution in [0.4, 0.5) is 4.39 Å². The minimum atomic E-state index is -0.487. The second kappa shape index (κ2) is 6.87. The van der Waals surface area contributed by atoms with Gasteiger partial charge in [0.25, 0.3) is 11.5 Å². The van der Waals surface area contributed by atoms with Crippen LogP contribution in [-0.2, 0) is 6.54 Å². The van der Waals surface area contributed by atoms with Crippen LogP contribution in [0.2, 0.25) is 0 Å². The van der Waals surface area contributed by atoms with Crippen LogP contribution in [-0.4, -0.2) is 20.5 Å². The number of fused-ring (bicyclic) bond motifs is 1. The first-order chi connectivity index (χ1) is 13.1. The maximum Gasteiger partial charge on any atom is 0.273 e. The topological polar surface area (TPSA) is 79.3 Å². The van der Waals surface area contributed by atoms with Crippen molar-refractivity contribution in [2.45, 2.75) is 6.54 Å². The van der Waals surface area contributed by atoms with Gasteiger partial charge in [-0.1, -0.05) is 42.5 Å². The van der Waals surface area contributed by atoms with E-state index in [2.05, 4.69) is 15.4 Å². The highest BCUT2D eigenvalue weighted by Crippen LogP contribution is 2.20. The average molecular weight is 362 g/mol. The lowest BCUT2D eigenvalue weighted by atomic mass is 10.1. The van der Waals surface area contributed by atoms with E-state index in [4.69, 9.17) is 0 Å². The number of hydrogen-bond donors (Lipinski definition) is 2. The Labute approximate surface area is 153 Å². The minimum absolute atomic E-state index is 0.145. The molecule has 0 aliphatic rings. The van der Waals surface area contributed by atoms with Crippen LogP contribution in [0.25, 0.3) is 16.9 Å². The fraction of sp³-hybridized carbons (Fsp3) is 0.0500. The van der Waals surface area contributed by atoms with Gasteiger partial charge in [-0.25, -0.2) is 13.9 Å². The molecule has 2 aromatic heterocycles. The summed E-state index contributed by atoms with van der Waals surface area (Å²) in [5.41, 5.74) is 1.25. The largest absolute Gasteiger partial charge is 0.348 e. The first-order valence-corrected chi connectivity index (χ1v) is 8.32. The quantitative estimate of drug-likeness (QED) is 0.586. The Bertz CT molecular complexity index is 1180. The lowest BCUT2D eigenvalue weighted by Crippen LogP contribution is -2.23. The van der Waals surface area contributed by atoms with Gasteiger partial charge in [0, 0.05) is 24.4 Å². The van der Waals surface area contributed by atoms with Crippen LogP contribution in [0.1, 0.15) is 15.9 Å². The van der Waals surface area contributed by atoms with E-state index in [9.17, 15) is 14.0 Å². The molecule has 2 heterocycles. The van der Waals surface area contributed by atoms with Gasteiger partial charge < -0.3 is 5.32 Å². The fourth-order valence-corrected chi connectivity index (χ4v) is 2.83. The molecule has 2 aromatic carbocycles. The van der Waals surface area contributed by atoms with Crippen molar-refractivity contribution < 1.29 is 9.18 Å². The van der Waals surface area contributed by atoms with Gasteiger partial charge in [-0.2, -0.15) is 0 Å². The standard InChI is InChI=1S/C20H15FN4O2/c21-16-9-5-4-8-14(16)17-10-18(26)25-19(24-17)15(12-23-25)20(27)22-11-13-6-2-1-3-7-13/h1-10,12,23H,11H2,(H,22,27). The van der Waals surface area contributed by atoms with Gasteiger partial charge >= 0.3 is 0 Å². The van der Waals surface area contributed by atoms with Crippen LogP contribution < -0.4 is 10.9 Å². The Morgan fingerprint density at radius 2 is 1.85 bits per heavy atom. The molecular formula is C20H15FN4O2. The number of rotatable bonds is 4. The number of halogens is 1. The van der Waals surface area contributed by atoms with Crippen molar-refractivity contribution in [3.8, 4) is 11.3 Å². The number of nitrogens with zero attached hydrogens (tertiary/aromatic N) is 2. The molecule has 7 heteroatoms. The van der Waals surface area contributed by atoms with E-state index < -0.39 is 11.4 Å². The predicted octanol–water partition coefficient (Wildman–Crippen LogP) is 2.76. The Hall–Kier alpha value is -3.74. The summed E-state index contributed by atoms with van der Waals surface area (Å²) >= 11 is 0. The Kier molecular flexibility index (Phi) is 4.25. The number of carbonyl (C=O) groups is 1. The molecule has 0 aliphatic heterocycles. The normalized spacial score (nSPS) is 10.9. The highest BCUT2D eigenvalue weighted by molar-refractivity contribution is 5.99. The number of H-pyrrole nitrogens is 1. The molecular weight excluding hydrogens is 347 g/mol. The summed E-state index contributed by atoms with van der Waals surface area (Å²) in [4.78, 5) is 29.2. The summed E-state index contributed by atoms with van der Waals surface area (Å²) < 4.78 is 15.2. The van der Waals surface area contributed by atoms with Crippen LogP contribution in [0, 0.1) is 5.82 Å². The Balaban J connectivity index is 1.71. The third kappa shape index (κ3) is 3.22. The number of nitrogens with one attached hydrogen (secondary N) is 2. The summed E-state index contributed by atoms with van der Waals surface area (Å²) in [6, 6.07) is 16.7. The summed E-state index contributed by atoms with van der Waals surface area (Å²) in [5, 5.41) is 5.51. The fourth-order valence-electron chi connectivity index (χ4n) is 2.83. The number of amides is 1. The second-order valence-electron chi connectivity index (χ2n) is 5.97. The van der Waals surface area contributed by atoms with E-state index in [0.717, 1.165) is 10.1 Å². The summed E-state index contributed by atoms with van der Waals surface area (Å²) in [6.07, 6.45) is 1.41. The SMILES string of the molecule is O=C(NCc1ccccc1)c1c[nH]n2c(=O)cc(-c3ccccc3F)nc12. The Morgan fingerprint density at radius 3 is 2.63 bits per heavy atom. The molecule has 0 spiro atoms. The van der Waals surface area contributed by atoms with Gasteiger partial charge in [0.05, 0.1) is 5.69 Å². The van der Waals surface area contributed by atoms with Gasteiger partial charge in [-0.15, -0.1) is 0 Å². The number of carbonyl (C=O) groups excluding carboxylic acids is 1. The highest BCUT2D eigenvalue weighted by atomic mass is 19.1. The maximum absolute atomic E-state index is 14.1. The number of hydrogen-bond acceptors (Lipinski definition) is 3. The van der Waals surface area contributed by atoms with E-state index >= 15 is 0 Å². The first kappa shape index (κ1) is 16.7. The van der Waals surface area contributed by atoms with Crippen molar-refractivity contribution in [1.82, 2.24) is 19.9 Å². The van der Waals surface area contributed by atoms with Crippen molar-refractivity contribution in [2.24, 2.45) is 0 Å². The monoisotopic (exact) mass is 362 g/mol. The first-order valence-electron chi connectivity index (χ1n) is 8.32. The molecule has 27 heavy (non-hydrogen) atoms. The lowest BCUT2D eigenvalue weighted by Gasteiger charge is -2.05. The van der Waals surface area contributed by atoms with Crippen molar-refractivity contribution in [3.05, 3.63) is 94.2 Å². The molecule has 6 nitrogen and oxygen atoms in total. The molecule has 2 N–H and O–H groups in total. The second-order valence-corrected chi connectivity index (χ2v) is 5.97. The highest BCUT2D eigenvalue weighted by Gasteiger charge is 2.17. The van der Waals surface area contributed by atoms with E-state index in [1.165, 1.54) is 24.4 Å². The molecule has 0 aliphatic carbocycles. The third-order valence-electron chi connectivity index (χ3n) is 4.19. The summed E-state index contributed by atoms with van der Waals surface area (Å²) in [5.74, 6) is -0.866. The van der Waals surface area contributed by atoms with Crippen LogP contribution in [0.3, 0.4) is 0 Å². The maximum atomic E-state index is 14.1. The van der Waals surface area contributed by atoms with Crippen LogP contribution in [0.15, 0.2) is 71.7 Å². The molecule has 134 valence electrons. The van der Waals surface area contributed by atoms with Crippen molar-refractivity contribution in [1.29, 1.82) is 0 Å². The molecule has 0 saturated heterocycles. The smallest absolute Gasteiger partial charge is 0.273 e. The molecule has 0 radical (unpaired) electrons. The molecule has 0 bridgehead atoms. The van der Waals surface area contributed by atoms with Gasteiger partial charge in [-0.05, 0) is 17.7 Å². The van der Waals surface area contributed by atoms with Crippen molar-refractivity contribution >= 4 is 11.6 Å². The number of aromatic nitrogens is 3. The van der Waals surface area contributed by atoms with E-state index in [-0.39, 0.29) is 28.4 Å². The third-order valence-corrected chi connectivity index (χ3v) is 4.19. The lowest BCUT2D eigenvalue weighted by molar-refractivity contribution is 0.0952. The molecule has 0 atom stereocenters. The summed E-state index contributed by atoms with van der Waals surface area (Å²) in [7, 11) is 0. The molecule has 4 aromatic rings. The van der Waals surface area contributed by atoms with E-state index in [1.54, 1.807) is 12.1 Å². The van der Waals surface area contributed by atoms with Gasteiger partial charge in [0.2, 0.25) is 0 Å². The zero-order valence-electron chi connectivity index (χ0n) is 14.1. The van der Waals surface area contributed by atoms with Crippen molar-refractivity contribution in [2.75, 3.05) is 0 Å².